The molecule has 0 radical (unpaired) electrons. The molecule has 0 aromatic heterocycles. The molecule has 1 aromatic carbocycles. The highest BCUT2D eigenvalue weighted by Crippen LogP contribution is 2.15. The van der Waals surface area contributed by atoms with Gasteiger partial charge in [0.25, 0.3) is 0 Å². The molecule has 0 amide bonds. The van der Waals surface area contributed by atoms with Gasteiger partial charge in [0.2, 0.25) is 0 Å². The van der Waals surface area contributed by atoms with Gasteiger partial charge in [0, 0.05) is 19.1 Å². The first-order valence-electron chi connectivity index (χ1n) is 5.74. The van der Waals surface area contributed by atoms with Gasteiger partial charge >= 0.3 is 0 Å². The highest BCUT2D eigenvalue weighted by molar-refractivity contribution is 5.27. The first-order valence-corrected chi connectivity index (χ1v) is 5.74. The Morgan fingerprint density at radius 2 is 2.12 bits per heavy atom. The Kier molecular flexibility index (Phi) is 3.80. The van der Waals surface area contributed by atoms with Gasteiger partial charge in [0.1, 0.15) is 5.75 Å². The standard InChI is InChI=1S/C13H19NO2/c1-11-10-16-8-7-14(11)9-12-3-5-13(15-2)6-4-12/h3-6,11H,7-10H2,1-2H3/t11-/m0/s1. The number of methoxy groups -OCH3 is 1. The van der Waals surface area contributed by atoms with Gasteiger partial charge in [-0.25, -0.2) is 0 Å². The minimum Gasteiger partial charge on any atom is -0.497 e. The van der Waals surface area contributed by atoms with Crippen LogP contribution in [0.25, 0.3) is 0 Å². The molecule has 1 fully saturated rings. The van der Waals surface area contributed by atoms with E-state index in [-0.39, 0.29) is 0 Å². The van der Waals surface area contributed by atoms with Crippen LogP contribution in [0.1, 0.15) is 12.5 Å². The van der Waals surface area contributed by atoms with Crippen molar-refractivity contribution >= 4 is 0 Å². The molecule has 3 nitrogen and oxygen atoms in total. The molecule has 0 aliphatic carbocycles. The van der Waals surface area contributed by atoms with E-state index < -0.39 is 0 Å². The van der Waals surface area contributed by atoms with E-state index in [1.807, 2.05) is 12.1 Å². The van der Waals surface area contributed by atoms with E-state index in [4.69, 9.17) is 9.47 Å². The van der Waals surface area contributed by atoms with Crippen molar-refractivity contribution in [1.82, 2.24) is 4.90 Å². The number of hydrogen-bond donors (Lipinski definition) is 0. The highest BCUT2D eigenvalue weighted by Gasteiger charge is 2.18. The zero-order chi connectivity index (χ0) is 11.4. The van der Waals surface area contributed by atoms with Gasteiger partial charge in [-0.05, 0) is 24.6 Å². The summed E-state index contributed by atoms with van der Waals surface area (Å²) >= 11 is 0. The van der Waals surface area contributed by atoms with Crippen LogP contribution in [0.2, 0.25) is 0 Å². The third kappa shape index (κ3) is 2.74. The second-order valence-electron chi connectivity index (χ2n) is 4.24. The lowest BCUT2D eigenvalue weighted by Gasteiger charge is -2.33. The maximum Gasteiger partial charge on any atom is 0.118 e. The van der Waals surface area contributed by atoms with E-state index in [0.29, 0.717) is 6.04 Å². The first-order chi connectivity index (χ1) is 7.79. The molecular weight excluding hydrogens is 202 g/mol. The molecule has 1 aliphatic heterocycles. The summed E-state index contributed by atoms with van der Waals surface area (Å²) in [5.74, 6) is 0.916. The fraction of sp³-hybridized carbons (Fsp3) is 0.538. The minimum absolute atomic E-state index is 0.510. The Bertz CT molecular complexity index is 323. The summed E-state index contributed by atoms with van der Waals surface area (Å²) in [5, 5.41) is 0. The number of rotatable bonds is 3. The van der Waals surface area contributed by atoms with Crippen LogP contribution < -0.4 is 4.74 Å². The smallest absolute Gasteiger partial charge is 0.118 e. The van der Waals surface area contributed by atoms with Crippen molar-refractivity contribution in [2.24, 2.45) is 0 Å². The van der Waals surface area contributed by atoms with Gasteiger partial charge in [-0.2, -0.15) is 0 Å². The summed E-state index contributed by atoms with van der Waals surface area (Å²) < 4.78 is 10.6. The van der Waals surface area contributed by atoms with E-state index in [1.54, 1.807) is 7.11 Å². The zero-order valence-corrected chi connectivity index (χ0v) is 9.98. The summed E-state index contributed by atoms with van der Waals surface area (Å²) in [5.41, 5.74) is 1.33. The summed E-state index contributed by atoms with van der Waals surface area (Å²) in [6.07, 6.45) is 0. The van der Waals surface area contributed by atoms with Crippen LogP contribution in [0.3, 0.4) is 0 Å². The Labute approximate surface area is 97.0 Å². The van der Waals surface area contributed by atoms with Gasteiger partial charge in [0.15, 0.2) is 0 Å². The maximum absolute atomic E-state index is 5.42. The van der Waals surface area contributed by atoms with E-state index in [0.717, 1.165) is 32.1 Å². The summed E-state index contributed by atoms with van der Waals surface area (Å²) in [6, 6.07) is 8.79. The Morgan fingerprint density at radius 1 is 1.38 bits per heavy atom. The van der Waals surface area contributed by atoms with Crippen molar-refractivity contribution in [3.05, 3.63) is 29.8 Å². The van der Waals surface area contributed by atoms with Gasteiger partial charge in [0.05, 0.1) is 20.3 Å². The Hall–Kier alpha value is -1.06. The van der Waals surface area contributed by atoms with Crippen LogP contribution in [-0.4, -0.2) is 37.8 Å². The van der Waals surface area contributed by atoms with Crippen molar-refractivity contribution in [2.75, 3.05) is 26.9 Å². The predicted molar refractivity (Wildman–Crippen MR) is 63.7 cm³/mol. The van der Waals surface area contributed by atoms with Crippen molar-refractivity contribution in [3.8, 4) is 5.75 Å². The van der Waals surface area contributed by atoms with Gasteiger partial charge in [-0.3, -0.25) is 4.90 Å². The molecule has 16 heavy (non-hydrogen) atoms. The molecule has 0 saturated carbocycles. The van der Waals surface area contributed by atoms with Crippen LogP contribution in [0.15, 0.2) is 24.3 Å². The molecule has 1 aliphatic rings. The van der Waals surface area contributed by atoms with Crippen LogP contribution in [0, 0.1) is 0 Å². The van der Waals surface area contributed by atoms with Crippen LogP contribution in [-0.2, 0) is 11.3 Å². The largest absolute Gasteiger partial charge is 0.497 e. The molecule has 0 N–H and O–H groups in total. The second-order valence-corrected chi connectivity index (χ2v) is 4.24. The quantitative estimate of drug-likeness (QED) is 0.778. The molecule has 0 spiro atoms. The molecule has 1 atom stereocenters. The van der Waals surface area contributed by atoms with Crippen molar-refractivity contribution < 1.29 is 9.47 Å². The van der Waals surface area contributed by atoms with E-state index >= 15 is 0 Å². The Morgan fingerprint density at radius 3 is 2.75 bits per heavy atom. The van der Waals surface area contributed by atoms with E-state index in [1.165, 1.54) is 5.56 Å². The van der Waals surface area contributed by atoms with Gasteiger partial charge < -0.3 is 9.47 Å². The van der Waals surface area contributed by atoms with Crippen molar-refractivity contribution in [3.63, 3.8) is 0 Å². The summed E-state index contributed by atoms with van der Waals surface area (Å²) in [6.45, 7) is 5.92. The SMILES string of the molecule is COc1ccc(CN2CCOC[C@@H]2C)cc1. The topological polar surface area (TPSA) is 21.7 Å². The maximum atomic E-state index is 5.42. The predicted octanol–water partition coefficient (Wildman–Crippen LogP) is 1.92. The number of morpholine rings is 1. The third-order valence-corrected chi connectivity index (χ3v) is 3.05. The van der Waals surface area contributed by atoms with Gasteiger partial charge in [-0.1, -0.05) is 12.1 Å². The molecule has 2 rings (SSSR count). The van der Waals surface area contributed by atoms with Crippen molar-refractivity contribution in [1.29, 1.82) is 0 Å². The van der Waals surface area contributed by atoms with Crippen LogP contribution >= 0.6 is 0 Å². The molecule has 1 aromatic rings. The minimum atomic E-state index is 0.510. The Balaban J connectivity index is 1.96. The lowest BCUT2D eigenvalue weighted by atomic mass is 10.1. The monoisotopic (exact) mass is 221 g/mol. The van der Waals surface area contributed by atoms with E-state index in [2.05, 4.69) is 24.0 Å². The fourth-order valence-electron chi connectivity index (χ4n) is 1.96. The number of nitrogens with zero attached hydrogens (tertiary/aromatic N) is 1. The summed E-state index contributed by atoms with van der Waals surface area (Å²) in [4.78, 5) is 2.45. The molecule has 0 unspecified atom stereocenters. The zero-order valence-electron chi connectivity index (χ0n) is 9.98. The normalized spacial score (nSPS) is 22.0. The summed E-state index contributed by atoms with van der Waals surface area (Å²) in [7, 11) is 1.69. The number of ether oxygens (including phenoxy) is 2. The average Bonchev–Trinajstić information content (AvgIpc) is 2.33. The number of benzene rings is 1. The lowest BCUT2D eigenvalue weighted by Crippen LogP contribution is -2.42. The molecule has 1 heterocycles. The highest BCUT2D eigenvalue weighted by atomic mass is 16.5. The molecule has 3 heteroatoms. The second kappa shape index (κ2) is 5.32. The third-order valence-electron chi connectivity index (χ3n) is 3.05. The average molecular weight is 221 g/mol. The van der Waals surface area contributed by atoms with Crippen molar-refractivity contribution in [2.45, 2.75) is 19.5 Å². The van der Waals surface area contributed by atoms with E-state index in [9.17, 15) is 0 Å². The lowest BCUT2D eigenvalue weighted by molar-refractivity contribution is -0.00437. The molecular formula is C13H19NO2. The fourth-order valence-corrected chi connectivity index (χ4v) is 1.96. The first kappa shape index (κ1) is 11.4. The van der Waals surface area contributed by atoms with Gasteiger partial charge in [-0.15, -0.1) is 0 Å². The molecule has 0 bridgehead atoms. The van der Waals surface area contributed by atoms with Crippen LogP contribution in [0.5, 0.6) is 5.75 Å². The molecule has 1 saturated heterocycles. The number of hydrogen-bond acceptors (Lipinski definition) is 3. The van der Waals surface area contributed by atoms with Crippen LogP contribution in [0.4, 0.5) is 0 Å². The molecule has 88 valence electrons.